The summed E-state index contributed by atoms with van der Waals surface area (Å²) in [6.45, 7) is 3.84. The van der Waals surface area contributed by atoms with Gasteiger partial charge in [-0.3, -0.25) is 9.36 Å². The molecule has 1 aliphatic heterocycles. The second kappa shape index (κ2) is 12.4. The fourth-order valence-electron chi connectivity index (χ4n) is 4.48. The molecule has 5 rings (SSSR count). The van der Waals surface area contributed by atoms with Gasteiger partial charge in [0, 0.05) is 15.6 Å². The lowest BCUT2D eigenvalue weighted by molar-refractivity contribution is -0.139. The van der Waals surface area contributed by atoms with Crippen molar-refractivity contribution in [2.75, 3.05) is 6.61 Å². The van der Waals surface area contributed by atoms with Gasteiger partial charge in [-0.1, -0.05) is 82.0 Å². The summed E-state index contributed by atoms with van der Waals surface area (Å²) in [5.74, 6) is -0.0434. The molecule has 0 bridgehead atoms. The predicted molar refractivity (Wildman–Crippen MR) is 164 cm³/mol. The van der Waals surface area contributed by atoms with E-state index in [2.05, 4.69) is 4.99 Å². The van der Waals surface area contributed by atoms with E-state index in [1.807, 2.05) is 6.07 Å². The maximum atomic E-state index is 14.0. The minimum absolute atomic E-state index is 0.176. The molecule has 0 fully saturated rings. The summed E-state index contributed by atoms with van der Waals surface area (Å²) in [7, 11) is 0. The Labute approximate surface area is 259 Å². The van der Waals surface area contributed by atoms with Crippen LogP contribution in [0.1, 0.15) is 36.6 Å². The Hall–Kier alpha value is -3.07. The molecule has 0 spiro atoms. The van der Waals surface area contributed by atoms with Gasteiger partial charge in [0.25, 0.3) is 5.56 Å². The van der Waals surface area contributed by atoms with Crippen molar-refractivity contribution >= 4 is 69.8 Å². The summed E-state index contributed by atoms with van der Waals surface area (Å²) >= 11 is 26.3. The zero-order valence-electron chi connectivity index (χ0n) is 21.8. The van der Waals surface area contributed by atoms with E-state index in [9.17, 15) is 9.59 Å². The first kappa shape index (κ1) is 29.4. The zero-order chi connectivity index (χ0) is 29.3. The molecule has 6 nitrogen and oxygen atoms in total. The van der Waals surface area contributed by atoms with Gasteiger partial charge in [-0.25, -0.2) is 9.79 Å². The monoisotopic (exact) mass is 646 g/mol. The molecular weight excluding hydrogens is 626 g/mol. The molecule has 2 heterocycles. The maximum Gasteiger partial charge on any atom is 0.338 e. The number of aromatic nitrogens is 1. The van der Waals surface area contributed by atoms with Gasteiger partial charge in [0.15, 0.2) is 4.80 Å². The number of halogens is 4. The van der Waals surface area contributed by atoms with Gasteiger partial charge < -0.3 is 9.47 Å². The highest BCUT2D eigenvalue weighted by molar-refractivity contribution is 7.07. The van der Waals surface area contributed by atoms with Crippen LogP contribution in [0, 0.1) is 0 Å². The summed E-state index contributed by atoms with van der Waals surface area (Å²) in [5, 5.41) is 1.77. The molecule has 1 aromatic heterocycles. The van der Waals surface area contributed by atoms with Crippen LogP contribution in [0.2, 0.25) is 20.1 Å². The summed E-state index contributed by atoms with van der Waals surface area (Å²) < 4.78 is 13.3. The number of esters is 1. The molecule has 0 aliphatic carbocycles. The van der Waals surface area contributed by atoms with Crippen LogP contribution in [-0.4, -0.2) is 17.1 Å². The Morgan fingerprint density at radius 1 is 1.02 bits per heavy atom. The predicted octanol–water partition coefficient (Wildman–Crippen LogP) is 6.99. The van der Waals surface area contributed by atoms with E-state index >= 15 is 0 Å². The van der Waals surface area contributed by atoms with Gasteiger partial charge in [-0.15, -0.1) is 0 Å². The van der Waals surface area contributed by atoms with Gasteiger partial charge in [0.05, 0.1) is 32.5 Å². The van der Waals surface area contributed by atoms with Crippen LogP contribution < -0.4 is 19.6 Å². The fraction of sp³-hybridized carbons (Fsp3) is 0.167. The van der Waals surface area contributed by atoms with Crippen molar-refractivity contribution in [3.63, 3.8) is 0 Å². The number of carbonyl (C=O) groups excluding carboxylic acids is 1. The largest absolute Gasteiger partial charge is 0.488 e. The number of rotatable bonds is 7. The molecule has 11 heteroatoms. The van der Waals surface area contributed by atoms with Crippen molar-refractivity contribution in [2.45, 2.75) is 26.5 Å². The van der Waals surface area contributed by atoms with E-state index in [-0.39, 0.29) is 24.3 Å². The van der Waals surface area contributed by atoms with E-state index in [0.717, 1.165) is 5.56 Å². The highest BCUT2D eigenvalue weighted by Gasteiger charge is 2.34. The number of fused-ring (bicyclic) bond motifs is 1. The third-order valence-corrected chi connectivity index (χ3v) is 8.65. The zero-order valence-corrected chi connectivity index (χ0v) is 25.6. The topological polar surface area (TPSA) is 69.9 Å². The van der Waals surface area contributed by atoms with Crippen LogP contribution in [0.15, 0.2) is 81.7 Å². The Bertz CT molecular complexity index is 1880. The molecule has 1 atom stereocenters. The van der Waals surface area contributed by atoms with Crippen molar-refractivity contribution in [2.24, 2.45) is 4.99 Å². The molecule has 0 saturated heterocycles. The molecule has 1 aliphatic rings. The Morgan fingerprint density at radius 2 is 1.80 bits per heavy atom. The number of hydrogen-bond donors (Lipinski definition) is 0. The van der Waals surface area contributed by atoms with E-state index in [1.165, 1.54) is 15.9 Å². The minimum atomic E-state index is -0.814. The summed E-state index contributed by atoms with van der Waals surface area (Å²) in [6.07, 6.45) is 1.70. The SMILES string of the molecule is CCOC(=O)C1=C(C)N=c2s/c(=C\c3cc(Cl)ccc3OCc3ccc(Cl)c(Cl)c3)c(=O)n2[C@H]1c1ccccc1Cl. The normalized spacial score (nSPS) is 15.0. The first-order chi connectivity index (χ1) is 19.7. The highest BCUT2D eigenvalue weighted by Crippen LogP contribution is 2.34. The van der Waals surface area contributed by atoms with Crippen LogP contribution in [0.3, 0.4) is 0 Å². The lowest BCUT2D eigenvalue weighted by atomic mass is 9.96. The van der Waals surface area contributed by atoms with Gasteiger partial charge in [0.1, 0.15) is 18.4 Å². The van der Waals surface area contributed by atoms with E-state index in [4.69, 9.17) is 55.9 Å². The molecular formula is C30H22Cl4N2O4S. The van der Waals surface area contributed by atoms with E-state index in [1.54, 1.807) is 74.5 Å². The van der Waals surface area contributed by atoms with Gasteiger partial charge in [-0.2, -0.15) is 0 Å². The third kappa shape index (κ3) is 6.10. The molecule has 0 unspecified atom stereocenters. The minimum Gasteiger partial charge on any atom is -0.488 e. The van der Waals surface area contributed by atoms with Crippen LogP contribution >= 0.6 is 57.7 Å². The van der Waals surface area contributed by atoms with Gasteiger partial charge in [0.2, 0.25) is 0 Å². The molecule has 0 N–H and O–H groups in total. The maximum absolute atomic E-state index is 14.0. The van der Waals surface area contributed by atoms with Crippen LogP contribution in [0.4, 0.5) is 0 Å². The Morgan fingerprint density at radius 3 is 2.54 bits per heavy atom. The number of ether oxygens (including phenoxy) is 2. The molecule has 0 amide bonds. The first-order valence-corrected chi connectivity index (χ1v) is 14.8. The number of benzene rings is 3. The van der Waals surface area contributed by atoms with Crippen molar-refractivity contribution in [3.05, 3.63) is 128 Å². The highest BCUT2D eigenvalue weighted by atomic mass is 35.5. The lowest BCUT2D eigenvalue weighted by Gasteiger charge is -2.25. The second-order valence-electron chi connectivity index (χ2n) is 9.04. The first-order valence-electron chi connectivity index (χ1n) is 12.5. The van der Waals surface area contributed by atoms with Crippen LogP contribution in [0.5, 0.6) is 5.75 Å². The molecule has 4 aromatic rings. The Kier molecular flexibility index (Phi) is 8.92. The molecule has 0 radical (unpaired) electrons. The quantitative estimate of drug-likeness (QED) is 0.203. The third-order valence-electron chi connectivity index (χ3n) is 6.35. The van der Waals surface area contributed by atoms with Gasteiger partial charge in [-0.05, 0) is 67.4 Å². The van der Waals surface area contributed by atoms with Crippen molar-refractivity contribution < 1.29 is 14.3 Å². The summed E-state index contributed by atoms with van der Waals surface area (Å²) in [4.78, 5) is 32.1. The summed E-state index contributed by atoms with van der Waals surface area (Å²) in [5.41, 5.74) is 2.37. The van der Waals surface area contributed by atoms with Crippen molar-refractivity contribution in [1.29, 1.82) is 0 Å². The van der Waals surface area contributed by atoms with Crippen LogP contribution in [0.25, 0.3) is 6.08 Å². The number of hydrogen-bond acceptors (Lipinski definition) is 6. The smallest absolute Gasteiger partial charge is 0.338 e. The standard InChI is InChI=1S/C30H22Cl4N2O4S/c1-3-39-29(38)26-16(2)35-30-36(27(26)20-6-4-5-7-21(20)32)28(37)25(41-30)14-18-13-19(31)9-11-24(18)40-15-17-8-10-22(33)23(34)12-17/h4-14,27H,3,15H2,1-2H3/b25-14-/t27-/m0/s1. The lowest BCUT2D eigenvalue weighted by Crippen LogP contribution is -2.40. The number of allylic oxidation sites excluding steroid dienone is 1. The van der Waals surface area contributed by atoms with Crippen molar-refractivity contribution in [3.8, 4) is 5.75 Å². The molecule has 3 aromatic carbocycles. The number of carbonyl (C=O) groups is 1. The Balaban J connectivity index is 1.62. The average molecular weight is 648 g/mol. The van der Waals surface area contributed by atoms with Gasteiger partial charge >= 0.3 is 5.97 Å². The fourth-order valence-corrected chi connectivity index (χ4v) is 6.26. The molecule has 0 saturated carbocycles. The van der Waals surface area contributed by atoms with Crippen LogP contribution in [-0.2, 0) is 16.1 Å². The van der Waals surface area contributed by atoms with E-state index in [0.29, 0.717) is 52.0 Å². The molecule has 210 valence electrons. The number of nitrogens with zero attached hydrogens (tertiary/aromatic N) is 2. The van der Waals surface area contributed by atoms with Crippen molar-refractivity contribution in [1.82, 2.24) is 4.57 Å². The van der Waals surface area contributed by atoms with E-state index < -0.39 is 12.0 Å². The second-order valence-corrected chi connectivity index (χ2v) is 11.7. The summed E-state index contributed by atoms with van der Waals surface area (Å²) in [6, 6.07) is 16.7. The molecule has 41 heavy (non-hydrogen) atoms. The average Bonchev–Trinajstić information content (AvgIpc) is 3.24. The number of thiazole rings is 1.